The van der Waals surface area contributed by atoms with Crippen LogP contribution < -0.4 is 24.8 Å². The Morgan fingerprint density at radius 3 is 2.40 bits per heavy atom. The second kappa shape index (κ2) is 15.8. The predicted octanol–water partition coefficient (Wildman–Crippen LogP) is 6.42. The molecule has 0 radical (unpaired) electrons. The Morgan fingerprint density at radius 2 is 1.71 bits per heavy atom. The van der Waals surface area contributed by atoms with E-state index in [2.05, 4.69) is 53.2 Å². The maximum Gasteiger partial charge on any atom is 0.319 e. The van der Waals surface area contributed by atoms with Gasteiger partial charge >= 0.3 is 6.03 Å². The van der Waals surface area contributed by atoms with E-state index in [4.69, 9.17) is 14.2 Å². The van der Waals surface area contributed by atoms with Crippen LogP contribution in [-0.2, 0) is 0 Å². The molecule has 2 heterocycles. The molecule has 4 rings (SSSR count). The zero-order valence-electron chi connectivity index (χ0n) is 25.6. The smallest absolute Gasteiger partial charge is 0.319 e. The summed E-state index contributed by atoms with van der Waals surface area (Å²) in [5.74, 6) is 2.63. The maximum absolute atomic E-state index is 12.2. The number of fused-ring (bicyclic) bond motifs is 1. The van der Waals surface area contributed by atoms with Gasteiger partial charge in [0.05, 0.1) is 19.2 Å². The van der Waals surface area contributed by atoms with Gasteiger partial charge in [0, 0.05) is 56.1 Å². The SMILES string of the molecule is COc1cc2c(Oc3ccc(NC(=O)NCCC(C)(C)C)cc3)ccnc2cc1OCCCCN1CCN(C)CC1.Cl. The summed E-state index contributed by atoms with van der Waals surface area (Å²) >= 11 is 0. The lowest BCUT2D eigenvalue weighted by Gasteiger charge is -2.32. The molecule has 0 aliphatic carbocycles. The lowest BCUT2D eigenvalue weighted by molar-refractivity contribution is 0.149. The lowest BCUT2D eigenvalue weighted by Crippen LogP contribution is -2.44. The van der Waals surface area contributed by atoms with Gasteiger partial charge in [-0.1, -0.05) is 20.8 Å². The Hall–Kier alpha value is -3.27. The van der Waals surface area contributed by atoms with Crippen molar-refractivity contribution in [3.8, 4) is 23.0 Å². The van der Waals surface area contributed by atoms with Crippen LogP contribution >= 0.6 is 12.4 Å². The van der Waals surface area contributed by atoms with Crippen LogP contribution in [0.4, 0.5) is 10.5 Å². The molecular weight excluding hydrogens is 554 g/mol. The predicted molar refractivity (Wildman–Crippen MR) is 172 cm³/mol. The Balaban J connectivity index is 0.00000484. The highest BCUT2D eigenvalue weighted by Gasteiger charge is 2.15. The number of hydrogen-bond donors (Lipinski definition) is 2. The molecule has 0 saturated carbocycles. The largest absolute Gasteiger partial charge is 0.493 e. The van der Waals surface area contributed by atoms with E-state index >= 15 is 0 Å². The summed E-state index contributed by atoms with van der Waals surface area (Å²) in [6.07, 6.45) is 4.71. The number of amides is 2. The maximum atomic E-state index is 12.2. The first-order chi connectivity index (χ1) is 19.7. The summed E-state index contributed by atoms with van der Waals surface area (Å²) in [6.45, 7) is 13.4. The van der Waals surface area contributed by atoms with Crippen LogP contribution in [0.2, 0.25) is 0 Å². The van der Waals surface area contributed by atoms with Crippen molar-refractivity contribution in [1.29, 1.82) is 0 Å². The molecule has 2 amide bonds. The number of likely N-dealkylation sites (N-methyl/N-ethyl adjacent to an activating group) is 1. The number of piperazine rings is 1. The molecule has 0 spiro atoms. The molecule has 3 aromatic rings. The Morgan fingerprint density at radius 1 is 0.976 bits per heavy atom. The van der Waals surface area contributed by atoms with Crippen molar-refractivity contribution in [2.75, 3.05) is 65.3 Å². The van der Waals surface area contributed by atoms with Gasteiger partial charge in [0.15, 0.2) is 11.5 Å². The van der Waals surface area contributed by atoms with Crippen LogP contribution in [0.25, 0.3) is 10.9 Å². The molecule has 2 aromatic carbocycles. The quantitative estimate of drug-likeness (QED) is 0.232. The molecule has 1 aliphatic rings. The van der Waals surface area contributed by atoms with Gasteiger partial charge in [0.2, 0.25) is 0 Å². The molecule has 42 heavy (non-hydrogen) atoms. The topological polar surface area (TPSA) is 88.2 Å². The van der Waals surface area contributed by atoms with E-state index < -0.39 is 0 Å². The fourth-order valence-electron chi connectivity index (χ4n) is 4.64. The summed E-state index contributed by atoms with van der Waals surface area (Å²) in [7, 11) is 3.82. The zero-order chi connectivity index (χ0) is 29.2. The van der Waals surface area contributed by atoms with E-state index in [9.17, 15) is 4.79 Å². The number of pyridine rings is 1. The highest BCUT2D eigenvalue weighted by Crippen LogP contribution is 2.37. The van der Waals surface area contributed by atoms with E-state index in [1.165, 1.54) is 0 Å². The molecule has 0 bridgehead atoms. The summed E-state index contributed by atoms with van der Waals surface area (Å²) < 4.78 is 18.0. The molecule has 230 valence electrons. The van der Waals surface area contributed by atoms with Crippen molar-refractivity contribution < 1.29 is 19.0 Å². The highest BCUT2D eigenvalue weighted by atomic mass is 35.5. The average molecular weight is 600 g/mol. The number of benzene rings is 2. The molecule has 1 saturated heterocycles. The minimum Gasteiger partial charge on any atom is -0.493 e. The lowest BCUT2D eigenvalue weighted by atomic mass is 9.92. The Labute approximate surface area is 256 Å². The molecule has 10 heteroatoms. The third-order valence-corrected chi connectivity index (χ3v) is 7.21. The highest BCUT2D eigenvalue weighted by molar-refractivity contribution is 5.90. The molecule has 1 aliphatic heterocycles. The fourth-order valence-corrected chi connectivity index (χ4v) is 4.64. The van der Waals surface area contributed by atoms with Gasteiger partial charge in [-0.3, -0.25) is 4.98 Å². The van der Waals surface area contributed by atoms with Crippen LogP contribution in [0.1, 0.15) is 40.0 Å². The van der Waals surface area contributed by atoms with Crippen LogP contribution in [-0.4, -0.2) is 80.8 Å². The number of nitrogens with one attached hydrogen (secondary N) is 2. The number of hydrogen-bond acceptors (Lipinski definition) is 7. The first-order valence-electron chi connectivity index (χ1n) is 14.5. The molecule has 9 nitrogen and oxygen atoms in total. The third kappa shape index (κ3) is 10.2. The second-order valence-electron chi connectivity index (χ2n) is 11.8. The number of nitrogens with zero attached hydrogens (tertiary/aromatic N) is 3. The normalized spacial score (nSPS) is 14.2. The second-order valence-corrected chi connectivity index (χ2v) is 11.8. The number of ether oxygens (including phenoxy) is 3. The molecule has 2 N–H and O–H groups in total. The van der Waals surface area contributed by atoms with Crippen LogP contribution in [0.3, 0.4) is 0 Å². The number of carbonyl (C=O) groups is 1. The molecular formula is C32H46ClN5O4. The van der Waals surface area contributed by atoms with Crippen LogP contribution in [0.5, 0.6) is 23.0 Å². The van der Waals surface area contributed by atoms with E-state index in [0.29, 0.717) is 41.8 Å². The summed E-state index contributed by atoms with van der Waals surface area (Å²) in [5.41, 5.74) is 1.63. The van der Waals surface area contributed by atoms with Gasteiger partial charge in [0.25, 0.3) is 0 Å². The fraction of sp³-hybridized carbons (Fsp3) is 0.500. The van der Waals surface area contributed by atoms with Crippen molar-refractivity contribution in [2.24, 2.45) is 5.41 Å². The molecule has 1 aromatic heterocycles. The van der Waals surface area contributed by atoms with E-state index in [1.807, 2.05) is 42.5 Å². The Kier molecular flexibility index (Phi) is 12.5. The molecule has 0 unspecified atom stereocenters. The van der Waals surface area contributed by atoms with Gasteiger partial charge in [-0.2, -0.15) is 0 Å². The van der Waals surface area contributed by atoms with E-state index in [0.717, 1.165) is 62.9 Å². The van der Waals surface area contributed by atoms with Gasteiger partial charge in [-0.25, -0.2) is 4.79 Å². The van der Waals surface area contributed by atoms with Crippen molar-refractivity contribution in [1.82, 2.24) is 20.1 Å². The summed E-state index contributed by atoms with van der Waals surface area (Å²) in [4.78, 5) is 21.6. The molecule has 0 atom stereocenters. The minimum absolute atomic E-state index is 0. The van der Waals surface area contributed by atoms with Crippen LogP contribution in [0.15, 0.2) is 48.7 Å². The third-order valence-electron chi connectivity index (χ3n) is 7.21. The number of anilines is 1. The number of methoxy groups -OCH3 is 1. The number of urea groups is 1. The van der Waals surface area contributed by atoms with Crippen molar-refractivity contribution >= 4 is 35.0 Å². The molecule has 1 fully saturated rings. The summed E-state index contributed by atoms with van der Waals surface area (Å²) in [5, 5.41) is 6.59. The van der Waals surface area contributed by atoms with Crippen LogP contribution in [0, 0.1) is 5.41 Å². The monoisotopic (exact) mass is 599 g/mol. The number of carbonyl (C=O) groups excluding carboxylic acids is 1. The zero-order valence-corrected chi connectivity index (χ0v) is 26.4. The first-order valence-corrected chi connectivity index (χ1v) is 14.5. The number of aromatic nitrogens is 1. The summed E-state index contributed by atoms with van der Waals surface area (Å²) in [6, 6.07) is 12.7. The van der Waals surface area contributed by atoms with Gasteiger partial charge in [-0.05, 0) is 74.7 Å². The standard InChI is InChI=1S/C32H45N5O4.ClH/c1-32(2,3)13-15-34-31(38)35-24-8-10-25(11-9-24)41-28-12-14-33-27-23-30(29(39-5)22-26(27)28)40-21-7-6-16-37-19-17-36(4)18-20-37;/h8-12,14,22-23H,6-7,13,15-21H2,1-5H3,(H2,34,35,38);1H. The Bertz CT molecular complexity index is 1270. The first kappa shape index (κ1) is 33.2. The minimum atomic E-state index is -0.219. The van der Waals surface area contributed by atoms with E-state index in [-0.39, 0.29) is 23.9 Å². The van der Waals surface area contributed by atoms with Gasteiger partial charge < -0.3 is 34.6 Å². The number of unbranched alkanes of at least 4 members (excludes halogenated alkanes) is 1. The van der Waals surface area contributed by atoms with Crippen molar-refractivity contribution in [3.05, 3.63) is 48.7 Å². The van der Waals surface area contributed by atoms with Gasteiger partial charge in [0.1, 0.15) is 11.5 Å². The van der Waals surface area contributed by atoms with Crippen molar-refractivity contribution in [2.45, 2.75) is 40.0 Å². The van der Waals surface area contributed by atoms with Crippen molar-refractivity contribution in [3.63, 3.8) is 0 Å². The average Bonchev–Trinajstić information content (AvgIpc) is 2.94. The van der Waals surface area contributed by atoms with Gasteiger partial charge in [-0.15, -0.1) is 12.4 Å². The number of halogens is 1. The van der Waals surface area contributed by atoms with E-state index in [1.54, 1.807) is 13.3 Å². The number of rotatable bonds is 12.